The second-order valence-electron chi connectivity index (χ2n) is 5.01. The first-order chi connectivity index (χ1) is 10.1. The van der Waals surface area contributed by atoms with Crippen LogP contribution in [0.1, 0.15) is 6.92 Å². The number of nitrogens with one attached hydrogen (secondary N) is 2. The number of carbonyl (C=O) groups is 1. The van der Waals surface area contributed by atoms with Crippen LogP contribution >= 0.6 is 0 Å². The van der Waals surface area contributed by atoms with Gasteiger partial charge in [0.1, 0.15) is 16.5 Å². The first-order valence-corrected chi connectivity index (χ1v) is 8.01. The minimum absolute atomic E-state index is 0.340. The fourth-order valence-corrected chi connectivity index (χ4v) is 2.88. The van der Waals surface area contributed by atoms with Crippen molar-refractivity contribution in [2.45, 2.75) is 17.9 Å². The van der Waals surface area contributed by atoms with Crippen molar-refractivity contribution in [1.29, 1.82) is 0 Å². The molecule has 0 saturated carbocycles. The minimum atomic E-state index is -4.34. The summed E-state index contributed by atoms with van der Waals surface area (Å²) >= 11 is 0. The van der Waals surface area contributed by atoms with Crippen LogP contribution in [0.4, 0.5) is 8.78 Å². The number of halogens is 2. The highest BCUT2D eigenvalue weighted by Crippen LogP contribution is 2.15. The van der Waals surface area contributed by atoms with E-state index in [1.165, 1.54) is 6.92 Å². The molecule has 1 unspecified atom stereocenters. The molecule has 0 radical (unpaired) electrons. The number of nitrogens with zero attached hydrogens (tertiary/aromatic N) is 1. The smallest absolute Gasteiger partial charge is 0.244 e. The Balaban J connectivity index is 2.75. The van der Waals surface area contributed by atoms with Crippen molar-refractivity contribution >= 4 is 15.9 Å². The summed E-state index contributed by atoms with van der Waals surface area (Å²) in [5, 5.41) is 2.54. The van der Waals surface area contributed by atoms with Gasteiger partial charge in [-0.25, -0.2) is 17.2 Å². The normalized spacial score (nSPS) is 13.2. The summed E-state index contributed by atoms with van der Waals surface area (Å²) in [6.45, 7) is 2.25. The van der Waals surface area contributed by atoms with Crippen molar-refractivity contribution in [3.05, 3.63) is 29.8 Å². The number of sulfonamides is 1. The van der Waals surface area contributed by atoms with E-state index in [0.29, 0.717) is 25.2 Å². The minimum Gasteiger partial charge on any atom is -0.353 e. The molecule has 0 heterocycles. The molecule has 0 bridgehead atoms. The molecule has 124 valence electrons. The average Bonchev–Trinajstić information content (AvgIpc) is 2.40. The molecular weight excluding hydrogens is 316 g/mol. The number of hydrogen-bond donors (Lipinski definition) is 2. The molecule has 1 atom stereocenters. The lowest BCUT2D eigenvalue weighted by atomic mass is 10.3. The van der Waals surface area contributed by atoms with Crippen molar-refractivity contribution in [3.8, 4) is 0 Å². The predicted molar refractivity (Wildman–Crippen MR) is 77.7 cm³/mol. The van der Waals surface area contributed by atoms with Gasteiger partial charge in [-0.15, -0.1) is 0 Å². The van der Waals surface area contributed by atoms with Crippen molar-refractivity contribution in [2.75, 3.05) is 27.2 Å². The lowest BCUT2D eigenvalue weighted by Crippen LogP contribution is -2.46. The Morgan fingerprint density at radius 1 is 1.32 bits per heavy atom. The summed E-state index contributed by atoms with van der Waals surface area (Å²) in [5.74, 6) is -2.53. The van der Waals surface area contributed by atoms with Crippen LogP contribution in [-0.4, -0.2) is 52.5 Å². The average molecular weight is 335 g/mol. The van der Waals surface area contributed by atoms with Crippen molar-refractivity contribution in [1.82, 2.24) is 14.9 Å². The van der Waals surface area contributed by atoms with Crippen LogP contribution in [0.15, 0.2) is 23.1 Å². The van der Waals surface area contributed by atoms with Gasteiger partial charge in [-0.05, 0) is 39.2 Å². The van der Waals surface area contributed by atoms with E-state index < -0.39 is 38.5 Å². The summed E-state index contributed by atoms with van der Waals surface area (Å²) in [6.07, 6.45) is 0. The van der Waals surface area contributed by atoms with E-state index in [2.05, 4.69) is 5.32 Å². The summed E-state index contributed by atoms with van der Waals surface area (Å²) in [5.41, 5.74) is 0. The Bertz CT molecular complexity index is 635. The lowest BCUT2D eigenvalue weighted by Gasteiger charge is -2.16. The molecule has 0 spiro atoms. The lowest BCUT2D eigenvalue weighted by molar-refractivity contribution is -0.122. The SMILES string of the molecule is CC(NS(=O)(=O)c1cc(F)ccc1F)C(=O)NCCN(C)C. The Hall–Kier alpha value is -1.58. The summed E-state index contributed by atoms with van der Waals surface area (Å²) in [6, 6.07) is 0.973. The predicted octanol–water partition coefficient (Wildman–Crippen LogP) is 0.309. The summed E-state index contributed by atoms with van der Waals surface area (Å²) in [7, 11) is -0.686. The maximum Gasteiger partial charge on any atom is 0.244 e. The van der Waals surface area contributed by atoms with Crippen molar-refractivity contribution in [3.63, 3.8) is 0 Å². The van der Waals surface area contributed by atoms with E-state index in [1.807, 2.05) is 23.7 Å². The topological polar surface area (TPSA) is 78.5 Å². The molecule has 1 aromatic rings. The highest BCUT2D eigenvalue weighted by atomic mass is 32.2. The van der Waals surface area contributed by atoms with Gasteiger partial charge in [-0.3, -0.25) is 4.79 Å². The third-order valence-corrected chi connectivity index (χ3v) is 4.32. The maximum absolute atomic E-state index is 13.5. The van der Waals surface area contributed by atoms with Crippen LogP contribution in [-0.2, 0) is 14.8 Å². The zero-order valence-electron chi connectivity index (χ0n) is 12.6. The second-order valence-corrected chi connectivity index (χ2v) is 6.69. The Labute approximate surface area is 128 Å². The monoisotopic (exact) mass is 335 g/mol. The van der Waals surface area contributed by atoms with Gasteiger partial charge in [0.2, 0.25) is 15.9 Å². The Morgan fingerprint density at radius 2 is 1.95 bits per heavy atom. The summed E-state index contributed by atoms with van der Waals surface area (Å²) in [4.78, 5) is 12.8. The fourth-order valence-electron chi connectivity index (χ4n) is 1.59. The quantitative estimate of drug-likeness (QED) is 0.752. The molecule has 9 heteroatoms. The molecule has 0 saturated heterocycles. The first-order valence-electron chi connectivity index (χ1n) is 6.53. The van der Waals surface area contributed by atoms with Crippen molar-refractivity contribution < 1.29 is 22.0 Å². The van der Waals surface area contributed by atoms with Gasteiger partial charge in [0.25, 0.3) is 0 Å². The van der Waals surface area contributed by atoms with E-state index >= 15 is 0 Å². The molecule has 0 aromatic heterocycles. The first kappa shape index (κ1) is 18.5. The number of likely N-dealkylation sites (N-methyl/N-ethyl adjacent to an activating group) is 1. The van der Waals surface area contributed by atoms with E-state index in [0.717, 1.165) is 6.07 Å². The standard InChI is InChI=1S/C13H19F2N3O3S/c1-9(13(19)16-6-7-18(2)3)17-22(20,21)12-8-10(14)4-5-11(12)15/h4-5,8-9,17H,6-7H2,1-3H3,(H,16,19). The highest BCUT2D eigenvalue weighted by molar-refractivity contribution is 7.89. The fraction of sp³-hybridized carbons (Fsp3) is 0.462. The molecule has 0 aliphatic carbocycles. The molecule has 0 aliphatic heterocycles. The second kappa shape index (κ2) is 7.61. The number of rotatable bonds is 7. The van der Waals surface area contributed by atoms with E-state index in [4.69, 9.17) is 0 Å². The van der Waals surface area contributed by atoms with Crippen LogP contribution in [0.3, 0.4) is 0 Å². The highest BCUT2D eigenvalue weighted by Gasteiger charge is 2.25. The van der Waals surface area contributed by atoms with Crippen molar-refractivity contribution in [2.24, 2.45) is 0 Å². The molecule has 1 rings (SSSR count). The van der Waals surface area contributed by atoms with Gasteiger partial charge in [0, 0.05) is 13.1 Å². The third-order valence-electron chi connectivity index (χ3n) is 2.77. The largest absolute Gasteiger partial charge is 0.353 e. The molecule has 1 amide bonds. The van der Waals surface area contributed by atoms with E-state index in [-0.39, 0.29) is 0 Å². The number of carbonyl (C=O) groups excluding carboxylic acids is 1. The third kappa shape index (κ3) is 5.32. The molecule has 22 heavy (non-hydrogen) atoms. The van der Waals surface area contributed by atoms with Crippen LogP contribution in [0, 0.1) is 11.6 Å². The molecular formula is C13H19F2N3O3S. The van der Waals surface area contributed by atoms with Crippen LogP contribution in [0.25, 0.3) is 0 Å². The maximum atomic E-state index is 13.5. The Kier molecular flexibility index (Phi) is 6.39. The van der Waals surface area contributed by atoms with Gasteiger partial charge >= 0.3 is 0 Å². The van der Waals surface area contributed by atoms with Gasteiger partial charge in [0.15, 0.2) is 0 Å². The van der Waals surface area contributed by atoms with E-state index in [1.54, 1.807) is 0 Å². The number of amides is 1. The Morgan fingerprint density at radius 3 is 2.55 bits per heavy atom. The van der Waals surface area contributed by atoms with Gasteiger partial charge in [0.05, 0.1) is 6.04 Å². The molecule has 1 aromatic carbocycles. The molecule has 2 N–H and O–H groups in total. The van der Waals surface area contributed by atoms with Crippen LogP contribution in [0.5, 0.6) is 0 Å². The van der Waals surface area contributed by atoms with E-state index in [9.17, 15) is 22.0 Å². The van der Waals surface area contributed by atoms with Gasteiger partial charge < -0.3 is 10.2 Å². The van der Waals surface area contributed by atoms with Gasteiger partial charge in [-0.1, -0.05) is 0 Å². The zero-order chi connectivity index (χ0) is 16.9. The molecule has 0 fully saturated rings. The summed E-state index contributed by atoms with van der Waals surface area (Å²) < 4.78 is 52.6. The number of hydrogen-bond acceptors (Lipinski definition) is 4. The van der Waals surface area contributed by atoms with Gasteiger partial charge in [-0.2, -0.15) is 4.72 Å². The van der Waals surface area contributed by atoms with Crippen LogP contribution in [0.2, 0.25) is 0 Å². The molecule has 6 nitrogen and oxygen atoms in total. The zero-order valence-corrected chi connectivity index (χ0v) is 13.4. The number of benzene rings is 1. The molecule has 0 aliphatic rings. The van der Waals surface area contributed by atoms with Crippen LogP contribution < -0.4 is 10.0 Å².